The second-order valence-electron chi connectivity index (χ2n) is 3.92. The summed E-state index contributed by atoms with van der Waals surface area (Å²) < 4.78 is 0. The van der Waals surface area contributed by atoms with Crippen LogP contribution in [0.1, 0.15) is 24.0 Å². The summed E-state index contributed by atoms with van der Waals surface area (Å²) in [4.78, 5) is 4.20. The summed E-state index contributed by atoms with van der Waals surface area (Å²) in [5.74, 6) is 1.42. The molecule has 0 aromatic carbocycles. The van der Waals surface area contributed by atoms with Crippen LogP contribution in [-0.4, -0.2) is 18.6 Å². The van der Waals surface area contributed by atoms with E-state index in [1.54, 1.807) is 0 Å². The van der Waals surface area contributed by atoms with E-state index in [1.165, 1.54) is 17.5 Å². The maximum Gasteiger partial charge on any atom is 0.0306 e. The second kappa shape index (κ2) is 3.46. The fraction of sp³-hybridized carbons (Fsp3) is 0.545. The highest BCUT2D eigenvalue weighted by Crippen LogP contribution is 2.36. The number of rotatable bonds is 2. The Morgan fingerprint density at radius 3 is 3.23 bits per heavy atom. The van der Waals surface area contributed by atoms with Gasteiger partial charge in [-0.25, -0.2) is 0 Å². The summed E-state index contributed by atoms with van der Waals surface area (Å²) in [6, 6.07) is 2.15. The molecule has 0 amide bonds. The first-order valence-electron chi connectivity index (χ1n) is 4.90. The monoisotopic (exact) mass is 176 g/mol. The molecule has 1 aromatic rings. The van der Waals surface area contributed by atoms with Crippen molar-refractivity contribution in [2.24, 2.45) is 5.92 Å². The van der Waals surface area contributed by atoms with Crippen molar-refractivity contribution in [1.82, 2.24) is 10.3 Å². The molecule has 2 atom stereocenters. The Bertz CT molecular complexity index is 296. The Kier molecular flexibility index (Phi) is 2.32. The van der Waals surface area contributed by atoms with Crippen LogP contribution in [0.15, 0.2) is 18.5 Å². The SMILES string of the molecule is CNCC1c2cnccc2CC1C. The summed E-state index contributed by atoms with van der Waals surface area (Å²) in [6.07, 6.45) is 5.14. The van der Waals surface area contributed by atoms with Gasteiger partial charge in [0.15, 0.2) is 0 Å². The fourth-order valence-electron chi connectivity index (χ4n) is 2.28. The fourth-order valence-corrected chi connectivity index (χ4v) is 2.28. The van der Waals surface area contributed by atoms with Crippen molar-refractivity contribution < 1.29 is 0 Å². The van der Waals surface area contributed by atoms with Gasteiger partial charge >= 0.3 is 0 Å². The number of likely N-dealkylation sites (N-methyl/N-ethyl adjacent to an activating group) is 1. The van der Waals surface area contributed by atoms with Gasteiger partial charge in [-0.1, -0.05) is 6.92 Å². The van der Waals surface area contributed by atoms with E-state index in [1.807, 2.05) is 19.4 Å². The van der Waals surface area contributed by atoms with Crippen molar-refractivity contribution in [2.45, 2.75) is 19.3 Å². The zero-order chi connectivity index (χ0) is 9.26. The van der Waals surface area contributed by atoms with Gasteiger partial charge in [0.05, 0.1) is 0 Å². The molecule has 2 nitrogen and oxygen atoms in total. The molecule has 70 valence electrons. The van der Waals surface area contributed by atoms with Crippen molar-refractivity contribution in [3.63, 3.8) is 0 Å². The van der Waals surface area contributed by atoms with E-state index in [4.69, 9.17) is 0 Å². The van der Waals surface area contributed by atoms with Gasteiger partial charge in [0.2, 0.25) is 0 Å². The lowest BCUT2D eigenvalue weighted by Gasteiger charge is -2.15. The minimum atomic E-state index is 0.661. The molecule has 0 spiro atoms. The number of aromatic nitrogens is 1. The van der Waals surface area contributed by atoms with Crippen LogP contribution in [-0.2, 0) is 6.42 Å². The Morgan fingerprint density at radius 2 is 2.46 bits per heavy atom. The molecule has 2 rings (SSSR count). The summed E-state index contributed by atoms with van der Waals surface area (Å²) >= 11 is 0. The topological polar surface area (TPSA) is 24.9 Å². The van der Waals surface area contributed by atoms with Crippen LogP contribution in [0.4, 0.5) is 0 Å². The average molecular weight is 176 g/mol. The minimum Gasteiger partial charge on any atom is -0.319 e. The molecule has 2 heteroatoms. The lowest BCUT2D eigenvalue weighted by atomic mass is 9.95. The van der Waals surface area contributed by atoms with Crippen LogP contribution in [0.5, 0.6) is 0 Å². The molecule has 2 unspecified atom stereocenters. The number of fused-ring (bicyclic) bond motifs is 1. The molecule has 0 bridgehead atoms. The third-order valence-electron chi connectivity index (χ3n) is 3.00. The van der Waals surface area contributed by atoms with Crippen molar-refractivity contribution in [1.29, 1.82) is 0 Å². The predicted molar refractivity (Wildman–Crippen MR) is 53.8 cm³/mol. The highest BCUT2D eigenvalue weighted by atomic mass is 14.8. The van der Waals surface area contributed by atoms with E-state index in [9.17, 15) is 0 Å². The molecule has 0 saturated carbocycles. The smallest absolute Gasteiger partial charge is 0.0306 e. The zero-order valence-corrected chi connectivity index (χ0v) is 8.25. The number of nitrogens with one attached hydrogen (secondary N) is 1. The lowest BCUT2D eigenvalue weighted by Crippen LogP contribution is -2.19. The lowest BCUT2D eigenvalue weighted by molar-refractivity contribution is 0.479. The van der Waals surface area contributed by atoms with Crippen LogP contribution in [0.25, 0.3) is 0 Å². The minimum absolute atomic E-state index is 0.661. The molecule has 1 N–H and O–H groups in total. The zero-order valence-electron chi connectivity index (χ0n) is 8.25. The van der Waals surface area contributed by atoms with Gasteiger partial charge in [-0.3, -0.25) is 4.98 Å². The highest BCUT2D eigenvalue weighted by Gasteiger charge is 2.28. The summed E-state index contributed by atoms with van der Waals surface area (Å²) in [5, 5.41) is 3.25. The summed E-state index contributed by atoms with van der Waals surface area (Å²) in [5.41, 5.74) is 2.94. The molecule has 1 aromatic heterocycles. The average Bonchev–Trinajstić information content (AvgIpc) is 2.44. The molecular weight excluding hydrogens is 160 g/mol. The van der Waals surface area contributed by atoms with Crippen LogP contribution < -0.4 is 5.32 Å². The third kappa shape index (κ3) is 1.46. The summed E-state index contributed by atoms with van der Waals surface area (Å²) in [7, 11) is 2.01. The molecule has 1 heterocycles. The van der Waals surface area contributed by atoms with Gasteiger partial charge in [-0.15, -0.1) is 0 Å². The van der Waals surface area contributed by atoms with Gasteiger partial charge in [-0.05, 0) is 36.6 Å². The van der Waals surface area contributed by atoms with Crippen LogP contribution in [0, 0.1) is 5.92 Å². The van der Waals surface area contributed by atoms with E-state index in [2.05, 4.69) is 23.3 Å². The van der Waals surface area contributed by atoms with E-state index < -0.39 is 0 Å². The van der Waals surface area contributed by atoms with Crippen molar-refractivity contribution in [2.75, 3.05) is 13.6 Å². The first-order valence-corrected chi connectivity index (χ1v) is 4.90. The molecular formula is C11H16N2. The Hall–Kier alpha value is -0.890. The number of pyridine rings is 1. The Labute approximate surface area is 79.4 Å². The molecule has 0 aliphatic heterocycles. The molecule has 0 saturated heterocycles. The molecule has 1 aliphatic rings. The van der Waals surface area contributed by atoms with Crippen molar-refractivity contribution in [3.8, 4) is 0 Å². The Morgan fingerprint density at radius 1 is 1.62 bits per heavy atom. The van der Waals surface area contributed by atoms with Crippen LogP contribution >= 0.6 is 0 Å². The molecule has 13 heavy (non-hydrogen) atoms. The normalized spacial score (nSPS) is 26.0. The van der Waals surface area contributed by atoms with E-state index in [-0.39, 0.29) is 0 Å². The molecule has 0 radical (unpaired) electrons. The highest BCUT2D eigenvalue weighted by molar-refractivity contribution is 5.33. The van der Waals surface area contributed by atoms with Gasteiger partial charge in [-0.2, -0.15) is 0 Å². The third-order valence-corrected chi connectivity index (χ3v) is 3.00. The molecule has 1 aliphatic carbocycles. The van der Waals surface area contributed by atoms with Gasteiger partial charge in [0, 0.05) is 24.9 Å². The summed E-state index contributed by atoms with van der Waals surface area (Å²) in [6.45, 7) is 3.39. The second-order valence-corrected chi connectivity index (χ2v) is 3.92. The largest absolute Gasteiger partial charge is 0.319 e. The van der Waals surface area contributed by atoms with Crippen LogP contribution in [0.3, 0.4) is 0 Å². The Balaban J connectivity index is 2.29. The quantitative estimate of drug-likeness (QED) is 0.740. The van der Waals surface area contributed by atoms with Crippen molar-refractivity contribution in [3.05, 3.63) is 29.6 Å². The van der Waals surface area contributed by atoms with E-state index >= 15 is 0 Å². The standard InChI is InChI=1S/C11H16N2/c1-8-5-9-3-4-13-7-11(9)10(8)6-12-2/h3-4,7-8,10,12H,5-6H2,1-2H3. The van der Waals surface area contributed by atoms with Gasteiger partial charge in [0.25, 0.3) is 0 Å². The van der Waals surface area contributed by atoms with Crippen molar-refractivity contribution >= 4 is 0 Å². The number of hydrogen-bond acceptors (Lipinski definition) is 2. The first-order chi connectivity index (χ1) is 6.33. The first kappa shape index (κ1) is 8.70. The van der Waals surface area contributed by atoms with Gasteiger partial charge < -0.3 is 5.32 Å². The number of hydrogen-bond donors (Lipinski definition) is 1. The maximum absolute atomic E-state index is 4.20. The van der Waals surface area contributed by atoms with Gasteiger partial charge in [0.1, 0.15) is 0 Å². The van der Waals surface area contributed by atoms with E-state index in [0.717, 1.165) is 12.5 Å². The van der Waals surface area contributed by atoms with Crippen LogP contribution in [0.2, 0.25) is 0 Å². The number of nitrogens with zero attached hydrogens (tertiary/aromatic N) is 1. The maximum atomic E-state index is 4.20. The van der Waals surface area contributed by atoms with E-state index in [0.29, 0.717) is 5.92 Å². The predicted octanol–water partition coefficient (Wildman–Crippen LogP) is 1.58. The molecule has 0 fully saturated rings.